The van der Waals surface area contributed by atoms with Crippen LogP contribution in [0.3, 0.4) is 0 Å². The molecule has 0 aliphatic heterocycles. The predicted molar refractivity (Wildman–Crippen MR) is 132 cm³/mol. The summed E-state index contributed by atoms with van der Waals surface area (Å²) in [5.41, 5.74) is 5.60. The molecule has 30 heavy (non-hydrogen) atoms. The van der Waals surface area contributed by atoms with E-state index in [9.17, 15) is 4.79 Å². The first-order chi connectivity index (χ1) is 13.6. The Morgan fingerprint density at radius 3 is 1.93 bits per heavy atom. The average molecular weight is 412 g/mol. The van der Waals surface area contributed by atoms with Crippen LogP contribution in [-0.2, 0) is 5.41 Å². The third-order valence-electron chi connectivity index (χ3n) is 5.05. The van der Waals surface area contributed by atoms with Gasteiger partial charge in [0.05, 0.1) is 0 Å². The third kappa shape index (κ3) is 5.86. The topological polar surface area (TPSA) is 26.3 Å². The molecule has 152 valence electrons. The fourth-order valence-electron chi connectivity index (χ4n) is 3.40. The van der Waals surface area contributed by atoms with Crippen LogP contribution in [0.2, 0.25) is 0 Å². The summed E-state index contributed by atoms with van der Waals surface area (Å²) in [6, 6.07) is 20.0. The SMILES string of the molecule is Cc1cc(Oc2ccccc2)ccc1PC(=O)c1c(C)cc(C(C)(C)C)cc1C.[LiH]. The van der Waals surface area contributed by atoms with Gasteiger partial charge in [0, 0.05) is 5.56 Å². The number of aryl methyl sites for hydroxylation is 3. The Bertz CT molecular complexity index is 1010. The van der Waals surface area contributed by atoms with E-state index >= 15 is 0 Å². The van der Waals surface area contributed by atoms with Crippen LogP contribution in [-0.4, -0.2) is 24.4 Å². The van der Waals surface area contributed by atoms with E-state index in [1.54, 1.807) is 0 Å². The number of ether oxygens (including phenoxy) is 1. The molecule has 0 radical (unpaired) electrons. The number of hydrogen-bond acceptors (Lipinski definition) is 2. The van der Waals surface area contributed by atoms with Crippen molar-refractivity contribution in [2.24, 2.45) is 0 Å². The molecule has 0 saturated carbocycles. The molecule has 0 spiro atoms. The van der Waals surface area contributed by atoms with E-state index in [1.165, 1.54) is 5.56 Å². The summed E-state index contributed by atoms with van der Waals surface area (Å²) < 4.78 is 5.91. The summed E-state index contributed by atoms with van der Waals surface area (Å²) in [5.74, 6) is 1.60. The molecule has 2 nitrogen and oxygen atoms in total. The number of rotatable bonds is 5. The van der Waals surface area contributed by atoms with Gasteiger partial charge in [-0.15, -0.1) is 0 Å². The summed E-state index contributed by atoms with van der Waals surface area (Å²) >= 11 is 0. The Hall–Kier alpha value is -1.84. The van der Waals surface area contributed by atoms with Crippen molar-refractivity contribution < 1.29 is 9.53 Å². The summed E-state index contributed by atoms with van der Waals surface area (Å²) in [6.07, 6.45) is 0. The van der Waals surface area contributed by atoms with Crippen molar-refractivity contribution in [3.05, 3.63) is 88.5 Å². The van der Waals surface area contributed by atoms with Gasteiger partial charge in [-0.3, -0.25) is 4.79 Å². The zero-order valence-electron chi connectivity index (χ0n) is 18.1. The Morgan fingerprint density at radius 2 is 1.40 bits per heavy atom. The summed E-state index contributed by atoms with van der Waals surface area (Å²) in [7, 11) is 0.101. The van der Waals surface area contributed by atoms with Gasteiger partial charge in [-0.1, -0.05) is 57.2 Å². The molecule has 3 aromatic carbocycles. The van der Waals surface area contributed by atoms with Gasteiger partial charge in [-0.25, -0.2) is 0 Å². The van der Waals surface area contributed by atoms with Crippen molar-refractivity contribution in [1.82, 2.24) is 0 Å². The van der Waals surface area contributed by atoms with Crippen LogP contribution in [0.15, 0.2) is 60.7 Å². The number of para-hydroxylation sites is 1. The molecular formula is C26H30LiO2P. The van der Waals surface area contributed by atoms with E-state index in [2.05, 4.69) is 32.9 Å². The molecule has 4 heteroatoms. The summed E-state index contributed by atoms with van der Waals surface area (Å²) in [4.78, 5) is 13.1. The first-order valence-electron chi connectivity index (χ1n) is 9.92. The second-order valence-electron chi connectivity index (χ2n) is 8.58. The number of carbonyl (C=O) groups is 1. The van der Waals surface area contributed by atoms with Crippen LogP contribution in [0.25, 0.3) is 0 Å². The Labute approximate surface area is 194 Å². The quantitative estimate of drug-likeness (QED) is 0.369. The average Bonchev–Trinajstić information content (AvgIpc) is 2.63. The number of benzene rings is 3. The Morgan fingerprint density at radius 1 is 0.800 bits per heavy atom. The summed E-state index contributed by atoms with van der Waals surface area (Å²) in [5, 5.41) is 1.06. The van der Waals surface area contributed by atoms with Crippen molar-refractivity contribution in [1.29, 1.82) is 0 Å². The minimum atomic E-state index is 0. The Balaban J connectivity index is 0.00000320. The van der Waals surface area contributed by atoms with Crippen molar-refractivity contribution in [2.75, 3.05) is 0 Å². The molecule has 0 aromatic heterocycles. The maximum absolute atomic E-state index is 13.1. The predicted octanol–water partition coefficient (Wildman–Crippen LogP) is 6.20. The zero-order chi connectivity index (χ0) is 21.2. The van der Waals surface area contributed by atoms with Gasteiger partial charge in [0.25, 0.3) is 0 Å². The van der Waals surface area contributed by atoms with Gasteiger partial charge in [-0.05, 0) is 86.6 Å². The van der Waals surface area contributed by atoms with E-state index in [1.807, 2.05) is 69.3 Å². The fraction of sp³-hybridized carbons (Fsp3) is 0.269. The van der Waals surface area contributed by atoms with E-state index in [4.69, 9.17) is 4.74 Å². The van der Waals surface area contributed by atoms with Crippen LogP contribution in [0.5, 0.6) is 11.5 Å². The van der Waals surface area contributed by atoms with Crippen molar-refractivity contribution in [3.63, 3.8) is 0 Å². The number of hydrogen-bond donors (Lipinski definition) is 0. The van der Waals surface area contributed by atoms with E-state index in [0.29, 0.717) is 0 Å². The second kappa shape index (κ2) is 9.98. The van der Waals surface area contributed by atoms with E-state index in [-0.39, 0.29) is 38.4 Å². The van der Waals surface area contributed by atoms with Crippen LogP contribution >= 0.6 is 8.58 Å². The molecule has 0 N–H and O–H groups in total. The maximum atomic E-state index is 13.1. The van der Waals surface area contributed by atoms with Gasteiger partial charge in [0.1, 0.15) is 11.5 Å². The van der Waals surface area contributed by atoms with Crippen LogP contribution in [0, 0.1) is 20.8 Å². The van der Waals surface area contributed by atoms with Crippen LogP contribution < -0.4 is 10.0 Å². The van der Waals surface area contributed by atoms with Crippen molar-refractivity contribution >= 4 is 38.3 Å². The van der Waals surface area contributed by atoms with Crippen molar-refractivity contribution in [3.8, 4) is 11.5 Å². The van der Waals surface area contributed by atoms with E-state index < -0.39 is 0 Å². The van der Waals surface area contributed by atoms with Gasteiger partial charge < -0.3 is 4.74 Å². The Kier molecular flexibility index (Phi) is 8.12. The molecule has 0 saturated heterocycles. The first-order valence-corrected chi connectivity index (χ1v) is 10.9. The van der Waals surface area contributed by atoms with Crippen molar-refractivity contribution in [2.45, 2.75) is 47.0 Å². The minimum absolute atomic E-state index is 0. The molecule has 0 amide bonds. The first kappa shape index (κ1) is 24.4. The van der Waals surface area contributed by atoms with Crippen LogP contribution in [0.4, 0.5) is 0 Å². The molecule has 3 aromatic rings. The standard InChI is InChI=1S/C26H29O2P.Li.H/c1-17-16-22(28-21-10-8-7-9-11-21)12-13-23(17)29-25(27)24-18(2)14-20(15-19(24)3)26(4,5)6;;/h7-16,29H,1-6H3;;. The number of carbonyl (C=O) groups excluding carboxylic acids is 1. The third-order valence-corrected chi connectivity index (χ3v) is 6.36. The summed E-state index contributed by atoms with van der Waals surface area (Å²) in [6.45, 7) is 12.7. The molecular weight excluding hydrogens is 382 g/mol. The second-order valence-corrected chi connectivity index (χ2v) is 9.82. The molecule has 1 unspecified atom stereocenters. The molecule has 0 fully saturated rings. The van der Waals surface area contributed by atoms with Crippen LogP contribution in [0.1, 0.15) is 53.4 Å². The van der Waals surface area contributed by atoms with E-state index in [0.717, 1.165) is 39.1 Å². The molecule has 1 atom stereocenters. The van der Waals surface area contributed by atoms with Gasteiger partial charge in [-0.2, -0.15) is 0 Å². The molecule has 0 heterocycles. The monoisotopic (exact) mass is 412 g/mol. The molecule has 0 bridgehead atoms. The van der Waals surface area contributed by atoms with Gasteiger partial charge >= 0.3 is 18.9 Å². The normalized spacial score (nSPS) is 11.4. The molecule has 3 rings (SSSR count). The molecule has 0 aliphatic rings. The molecule has 0 aliphatic carbocycles. The van der Waals surface area contributed by atoms with Gasteiger partial charge in [0.2, 0.25) is 0 Å². The fourth-order valence-corrected chi connectivity index (χ4v) is 4.60. The van der Waals surface area contributed by atoms with Gasteiger partial charge in [0.15, 0.2) is 5.52 Å². The zero-order valence-corrected chi connectivity index (χ0v) is 19.1.